The Kier molecular flexibility index (Phi) is 4.74. The fraction of sp³-hybridized carbons (Fsp3) is 0.917. The van der Waals surface area contributed by atoms with Crippen molar-refractivity contribution in [2.24, 2.45) is 5.41 Å². The number of carboxylic acids is 1. The van der Waals surface area contributed by atoms with Crippen molar-refractivity contribution in [3.05, 3.63) is 0 Å². The van der Waals surface area contributed by atoms with Crippen LogP contribution in [0.1, 0.15) is 39.5 Å². The summed E-state index contributed by atoms with van der Waals surface area (Å²) in [7, 11) is 0. The molecule has 2 N–H and O–H groups in total. The second-order valence-corrected chi connectivity index (χ2v) is 4.96. The first-order chi connectivity index (χ1) is 7.50. The van der Waals surface area contributed by atoms with Crippen molar-refractivity contribution in [1.29, 1.82) is 0 Å². The average molecular weight is 229 g/mol. The Morgan fingerprint density at radius 2 is 2.25 bits per heavy atom. The number of nitrogens with zero attached hydrogens (tertiary/aromatic N) is 1. The molecule has 1 fully saturated rings. The molecule has 0 aromatic heterocycles. The fourth-order valence-electron chi connectivity index (χ4n) is 2.40. The van der Waals surface area contributed by atoms with Crippen LogP contribution in [-0.2, 0) is 4.79 Å². The molecule has 4 heteroatoms. The van der Waals surface area contributed by atoms with E-state index in [0.717, 1.165) is 32.4 Å². The second-order valence-electron chi connectivity index (χ2n) is 4.96. The van der Waals surface area contributed by atoms with Crippen molar-refractivity contribution >= 4 is 5.97 Å². The molecular formula is C12H23NO3. The van der Waals surface area contributed by atoms with Gasteiger partial charge in [-0.15, -0.1) is 0 Å². The lowest BCUT2D eigenvalue weighted by Gasteiger charge is -2.39. The summed E-state index contributed by atoms with van der Waals surface area (Å²) in [4.78, 5) is 13.5. The molecule has 0 aromatic rings. The fourth-order valence-corrected chi connectivity index (χ4v) is 2.40. The van der Waals surface area contributed by atoms with Crippen LogP contribution < -0.4 is 0 Å². The summed E-state index contributed by atoms with van der Waals surface area (Å²) in [6.07, 6.45) is 2.83. The third-order valence-corrected chi connectivity index (χ3v) is 3.65. The van der Waals surface area contributed by atoms with E-state index < -0.39 is 11.4 Å². The third kappa shape index (κ3) is 3.19. The first-order valence-corrected chi connectivity index (χ1v) is 6.14. The number of hydrogen-bond acceptors (Lipinski definition) is 3. The summed E-state index contributed by atoms with van der Waals surface area (Å²) in [5, 5.41) is 18.5. The molecule has 0 amide bonds. The van der Waals surface area contributed by atoms with Gasteiger partial charge >= 0.3 is 5.97 Å². The Balaban J connectivity index is 2.54. The summed E-state index contributed by atoms with van der Waals surface area (Å²) < 4.78 is 0. The summed E-state index contributed by atoms with van der Waals surface area (Å²) in [6, 6.07) is 0. The van der Waals surface area contributed by atoms with Crippen LogP contribution in [-0.4, -0.2) is 46.8 Å². The normalized spacial score (nSPS) is 28.9. The molecule has 0 saturated carbocycles. The predicted octanol–water partition coefficient (Wildman–Crippen LogP) is 1.33. The van der Waals surface area contributed by atoms with E-state index in [1.54, 1.807) is 6.92 Å². The van der Waals surface area contributed by atoms with Crippen LogP contribution in [0.25, 0.3) is 0 Å². The van der Waals surface area contributed by atoms with Gasteiger partial charge in [-0.25, -0.2) is 0 Å². The molecule has 0 aliphatic carbocycles. The Bertz CT molecular complexity index is 242. The number of aliphatic hydroxyl groups is 1. The van der Waals surface area contributed by atoms with Crippen LogP contribution in [0.15, 0.2) is 0 Å². The van der Waals surface area contributed by atoms with E-state index in [4.69, 9.17) is 0 Å². The molecule has 2 atom stereocenters. The lowest BCUT2D eigenvalue weighted by molar-refractivity contribution is -0.153. The molecule has 4 nitrogen and oxygen atoms in total. The highest BCUT2D eigenvalue weighted by Gasteiger charge is 2.40. The molecule has 0 radical (unpaired) electrons. The van der Waals surface area contributed by atoms with E-state index in [-0.39, 0.29) is 6.10 Å². The third-order valence-electron chi connectivity index (χ3n) is 3.65. The number of carbonyl (C=O) groups is 1. The first-order valence-electron chi connectivity index (χ1n) is 6.14. The van der Waals surface area contributed by atoms with E-state index in [1.165, 1.54) is 0 Å². The van der Waals surface area contributed by atoms with Crippen LogP contribution in [0, 0.1) is 5.41 Å². The van der Waals surface area contributed by atoms with Crippen molar-refractivity contribution in [3.63, 3.8) is 0 Å². The molecule has 1 aliphatic heterocycles. The van der Waals surface area contributed by atoms with E-state index in [2.05, 4.69) is 4.90 Å². The van der Waals surface area contributed by atoms with E-state index in [1.807, 2.05) is 6.92 Å². The zero-order chi connectivity index (χ0) is 12.2. The second kappa shape index (κ2) is 5.64. The van der Waals surface area contributed by atoms with Crippen molar-refractivity contribution in [3.8, 4) is 0 Å². The molecule has 1 saturated heterocycles. The molecule has 16 heavy (non-hydrogen) atoms. The van der Waals surface area contributed by atoms with Gasteiger partial charge in [0.15, 0.2) is 0 Å². The molecule has 0 spiro atoms. The molecule has 1 aliphatic rings. The van der Waals surface area contributed by atoms with Gasteiger partial charge in [0.2, 0.25) is 0 Å². The van der Waals surface area contributed by atoms with Crippen LogP contribution in [0.4, 0.5) is 0 Å². The Morgan fingerprint density at radius 3 is 2.75 bits per heavy atom. The van der Waals surface area contributed by atoms with Gasteiger partial charge < -0.3 is 15.1 Å². The van der Waals surface area contributed by atoms with Gasteiger partial charge in [0, 0.05) is 13.1 Å². The van der Waals surface area contributed by atoms with Crippen molar-refractivity contribution in [1.82, 2.24) is 4.90 Å². The maximum atomic E-state index is 11.3. The minimum Gasteiger partial charge on any atom is -0.481 e. The molecule has 0 bridgehead atoms. The van der Waals surface area contributed by atoms with E-state index in [0.29, 0.717) is 13.0 Å². The zero-order valence-corrected chi connectivity index (χ0v) is 10.3. The molecular weight excluding hydrogens is 206 g/mol. The van der Waals surface area contributed by atoms with Crippen LogP contribution in [0.2, 0.25) is 0 Å². The minimum atomic E-state index is -0.670. The van der Waals surface area contributed by atoms with Crippen molar-refractivity contribution in [2.75, 3.05) is 19.6 Å². The summed E-state index contributed by atoms with van der Waals surface area (Å²) in [5.74, 6) is -0.670. The predicted molar refractivity (Wildman–Crippen MR) is 62.3 cm³/mol. The van der Waals surface area contributed by atoms with Crippen molar-refractivity contribution < 1.29 is 15.0 Å². The average Bonchev–Trinajstić information content (AvgIpc) is 2.26. The minimum absolute atomic E-state index is 0.303. The molecule has 2 unspecified atom stereocenters. The van der Waals surface area contributed by atoms with E-state index in [9.17, 15) is 15.0 Å². The summed E-state index contributed by atoms with van der Waals surface area (Å²) in [5.41, 5.74) is -0.559. The number of carboxylic acid groups (broad SMARTS) is 1. The van der Waals surface area contributed by atoms with Gasteiger partial charge in [-0.05, 0) is 39.2 Å². The largest absolute Gasteiger partial charge is 0.481 e. The van der Waals surface area contributed by atoms with Crippen LogP contribution in [0.3, 0.4) is 0 Å². The number of aliphatic hydroxyl groups excluding tert-OH is 1. The van der Waals surface area contributed by atoms with Crippen LogP contribution in [0.5, 0.6) is 0 Å². The molecule has 94 valence electrons. The maximum Gasteiger partial charge on any atom is 0.310 e. The number of piperidine rings is 1. The molecule has 1 heterocycles. The van der Waals surface area contributed by atoms with Crippen molar-refractivity contribution in [2.45, 2.75) is 45.6 Å². The number of rotatable bonds is 5. The lowest BCUT2D eigenvalue weighted by Crippen LogP contribution is -2.48. The van der Waals surface area contributed by atoms with Gasteiger partial charge in [0.1, 0.15) is 0 Å². The van der Waals surface area contributed by atoms with Crippen LogP contribution >= 0.6 is 0 Å². The zero-order valence-electron chi connectivity index (χ0n) is 10.3. The van der Waals surface area contributed by atoms with Gasteiger partial charge in [-0.1, -0.05) is 6.92 Å². The summed E-state index contributed by atoms with van der Waals surface area (Å²) >= 11 is 0. The number of likely N-dealkylation sites (tertiary alicyclic amines) is 1. The highest BCUT2D eigenvalue weighted by atomic mass is 16.4. The monoisotopic (exact) mass is 229 g/mol. The Morgan fingerprint density at radius 1 is 1.56 bits per heavy atom. The highest BCUT2D eigenvalue weighted by Crippen LogP contribution is 2.33. The number of aliphatic carboxylic acids is 1. The quantitative estimate of drug-likeness (QED) is 0.746. The van der Waals surface area contributed by atoms with Gasteiger partial charge in [-0.2, -0.15) is 0 Å². The standard InChI is InChI=1S/C12H23NO3/c1-3-12(11(15)16)6-4-7-13(9-12)8-5-10(2)14/h10,14H,3-9H2,1-2H3,(H,15,16). The number of hydrogen-bond donors (Lipinski definition) is 2. The highest BCUT2D eigenvalue weighted by molar-refractivity contribution is 5.75. The lowest BCUT2D eigenvalue weighted by atomic mass is 9.77. The Labute approximate surface area is 97.3 Å². The maximum absolute atomic E-state index is 11.3. The smallest absolute Gasteiger partial charge is 0.310 e. The van der Waals surface area contributed by atoms with Gasteiger partial charge in [0.05, 0.1) is 11.5 Å². The molecule has 0 aromatic carbocycles. The van der Waals surface area contributed by atoms with Gasteiger partial charge in [0.25, 0.3) is 0 Å². The molecule has 1 rings (SSSR count). The topological polar surface area (TPSA) is 60.8 Å². The first kappa shape index (κ1) is 13.5. The Hall–Kier alpha value is -0.610. The SMILES string of the molecule is CCC1(C(=O)O)CCCN(CCC(C)O)C1. The van der Waals surface area contributed by atoms with Gasteiger partial charge in [-0.3, -0.25) is 4.79 Å². The van der Waals surface area contributed by atoms with E-state index >= 15 is 0 Å². The summed E-state index contributed by atoms with van der Waals surface area (Å²) in [6.45, 7) is 6.11.